The first-order valence-corrected chi connectivity index (χ1v) is 7.49. The molecular weight excluding hydrogens is 244 g/mol. The number of hydrogen-bond donors (Lipinski definition) is 1. The highest BCUT2D eigenvalue weighted by Crippen LogP contribution is 2.25. The molecule has 2 heterocycles. The van der Waals surface area contributed by atoms with Crippen LogP contribution in [0.4, 0.5) is 0 Å². The van der Waals surface area contributed by atoms with E-state index in [1.807, 2.05) is 25.4 Å². The highest BCUT2D eigenvalue weighted by atomic mass is 32.1. The van der Waals surface area contributed by atoms with E-state index in [0.29, 0.717) is 0 Å². The third-order valence-electron chi connectivity index (χ3n) is 3.58. The van der Waals surface area contributed by atoms with Crippen LogP contribution in [0.25, 0.3) is 0 Å². The minimum atomic E-state index is -0.535. The molecule has 1 atom stereocenters. The maximum absolute atomic E-state index is 10.6. The Morgan fingerprint density at radius 1 is 1.50 bits per heavy atom. The molecular formula is C14H24N2OS. The fraction of sp³-hybridized carbons (Fsp3) is 0.714. The minimum Gasteiger partial charge on any atom is -0.387 e. The van der Waals surface area contributed by atoms with Gasteiger partial charge in [0.05, 0.1) is 5.60 Å². The summed E-state index contributed by atoms with van der Waals surface area (Å²) in [5.74, 6) is 0. The van der Waals surface area contributed by atoms with E-state index in [0.717, 1.165) is 39.0 Å². The summed E-state index contributed by atoms with van der Waals surface area (Å²) in [4.78, 5) is 5.91. The van der Waals surface area contributed by atoms with Crippen LogP contribution in [-0.2, 0) is 6.54 Å². The molecule has 0 amide bonds. The lowest BCUT2D eigenvalue weighted by molar-refractivity contribution is -0.0478. The molecule has 1 saturated heterocycles. The second kappa shape index (κ2) is 5.70. The van der Waals surface area contributed by atoms with Crippen molar-refractivity contribution in [1.29, 1.82) is 0 Å². The van der Waals surface area contributed by atoms with Crippen molar-refractivity contribution in [3.8, 4) is 0 Å². The summed E-state index contributed by atoms with van der Waals surface area (Å²) in [6.07, 6.45) is 2.01. The van der Waals surface area contributed by atoms with Crippen LogP contribution in [0.3, 0.4) is 0 Å². The third-order valence-corrected chi connectivity index (χ3v) is 4.59. The van der Waals surface area contributed by atoms with Crippen molar-refractivity contribution < 1.29 is 5.11 Å². The fourth-order valence-corrected chi connectivity index (χ4v) is 3.78. The number of likely N-dealkylation sites (tertiary alicyclic amines) is 1. The smallest absolute Gasteiger partial charge is 0.0900 e. The van der Waals surface area contributed by atoms with Gasteiger partial charge in [0, 0.05) is 24.5 Å². The van der Waals surface area contributed by atoms with E-state index in [1.165, 1.54) is 10.4 Å². The lowest BCUT2D eigenvalue weighted by atomic mass is 9.92. The van der Waals surface area contributed by atoms with Crippen molar-refractivity contribution in [1.82, 2.24) is 9.80 Å². The SMILES string of the molecule is Cc1ccsc1CN1CCC[C@@](O)(CN(C)C)C1. The molecule has 1 aliphatic heterocycles. The van der Waals surface area contributed by atoms with Crippen molar-refractivity contribution in [3.63, 3.8) is 0 Å². The predicted octanol–water partition coefficient (Wildman–Crippen LogP) is 1.95. The Labute approximate surface area is 114 Å². The van der Waals surface area contributed by atoms with Crippen molar-refractivity contribution in [2.45, 2.75) is 31.9 Å². The van der Waals surface area contributed by atoms with Gasteiger partial charge < -0.3 is 10.0 Å². The van der Waals surface area contributed by atoms with Gasteiger partial charge in [-0.25, -0.2) is 0 Å². The predicted molar refractivity (Wildman–Crippen MR) is 77.1 cm³/mol. The highest BCUT2D eigenvalue weighted by Gasteiger charge is 2.33. The van der Waals surface area contributed by atoms with Crippen LogP contribution >= 0.6 is 11.3 Å². The van der Waals surface area contributed by atoms with E-state index in [4.69, 9.17) is 0 Å². The Morgan fingerprint density at radius 2 is 2.28 bits per heavy atom. The Hall–Kier alpha value is -0.420. The second-order valence-corrected chi connectivity index (χ2v) is 6.80. The van der Waals surface area contributed by atoms with E-state index in [-0.39, 0.29) is 0 Å². The van der Waals surface area contributed by atoms with Gasteiger partial charge in [-0.15, -0.1) is 11.3 Å². The molecule has 0 aromatic carbocycles. The van der Waals surface area contributed by atoms with Gasteiger partial charge in [-0.05, 0) is 57.4 Å². The van der Waals surface area contributed by atoms with E-state index in [2.05, 4.69) is 28.2 Å². The second-order valence-electron chi connectivity index (χ2n) is 5.80. The first-order valence-electron chi connectivity index (χ1n) is 6.61. The quantitative estimate of drug-likeness (QED) is 0.904. The average molecular weight is 268 g/mol. The monoisotopic (exact) mass is 268 g/mol. The molecule has 1 aromatic rings. The molecule has 0 radical (unpaired) electrons. The molecule has 18 heavy (non-hydrogen) atoms. The first kappa shape index (κ1) is 14.0. The van der Waals surface area contributed by atoms with Crippen molar-refractivity contribution >= 4 is 11.3 Å². The number of hydrogen-bond acceptors (Lipinski definition) is 4. The summed E-state index contributed by atoms with van der Waals surface area (Å²) in [5, 5.41) is 12.8. The summed E-state index contributed by atoms with van der Waals surface area (Å²) in [5.41, 5.74) is 0.842. The zero-order valence-electron chi connectivity index (χ0n) is 11.6. The standard InChI is InChI=1S/C14H24N2OS/c1-12-5-8-18-13(12)9-16-7-4-6-14(17,11-16)10-15(2)3/h5,8,17H,4,6-7,9-11H2,1-3H3/t14-/m1/s1. The van der Waals surface area contributed by atoms with Crippen LogP contribution in [0.2, 0.25) is 0 Å². The molecule has 1 aromatic heterocycles. The third kappa shape index (κ3) is 3.54. The molecule has 0 saturated carbocycles. The number of aliphatic hydroxyl groups is 1. The topological polar surface area (TPSA) is 26.7 Å². The molecule has 1 aliphatic rings. The molecule has 0 spiro atoms. The average Bonchev–Trinajstić information content (AvgIpc) is 2.62. The first-order chi connectivity index (χ1) is 8.48. The summed E-state index contributed by atoms with van der Waals surface area (Å²) in [7, 11) is 4.06. The molecule has 1 fully saturated rings. The van der Waals surface area contributed by atoms with E-state index in [1.54, 1.807) is 0 Å². The molecule has 0 unspecified atom stereocenters. The Kier molecular flexibility index (Phi) is 4.43. The number of thiophene rings is 1. The Balaban J connectivity index is 1.96. The van der Waals surface area contributed by atoms with E-state index in [9.17, 15) is 5.11 Å². The molecule has 0 bridgehead atoms. The number of β-amino-alcohol motifs (C(OH)–C–C–N with tert-alkyl or cyclic N) is 1. The van der Waals surface area contributed by atoms with Gasteiger partial charge >= 0.3 is 0 Å². The maximum atomic E-state index is 10.6. The molecule has 0 aliphatic carbocycles. The lowest BCUT2D eigenvalue weighted by Crippen LogP contribution is -2.52. The van der Waals surface area contributed by atoms with Gasteiger partial charge in [0.25, 0.3) is 0 Å². The van der Waals surface area contributed by atoms with Crippen LogP contribution in [0.15, 0.2) is 11.4 Å². The minimum absolute atomic E-state index is 0.535. The maximum Gasteiger partial charge on any atom is 0.0900 e. The largest absolute Gasteiger partial charge is 0.387 e. The van der Waals surface area contributed by atoms with Crippen LogP contribution < -0.4 is 0 Å². The molecule has 4 heteroatoms. The van der Waals surface area contributed by atoms with Gasteiger partial charge in [-0.1, -0.05) is 0 Å². The number of aryl methyl sites for hydroxylation is 1. The fourth-order valence-electron chi connectivity index (χ4n) is 2.83. The zero-order chi connectivity index (χ0) is 13.2. The van der Waals surface area contributed by atoms with Crippen LogP contribution in [0, 0.1) is 6.92 Å². The van der Waals surface area contributed by atoms with Gasteiger partial charge in [0.2, 0.25) is 0 Å². The van der Waals surface area contributed by atoms with Crippen molar-refractivity contribution in [2.75, 3.05) is 33.7 Å². The van der Waals surface area contributed by atoms with Gasteiger partial charge in [-0.2, -0.15) is 0 Å². The molecule has 3 nitrogen and oxygen atoms in total. The normalized spacial score (nSPS) is 25.8. The summed E-state index contributed by atoms with van der Waals surface area (Å²) >= 11 is 1.82. The van der Waals surface area contributed by atoms with Gasteiger partial charge in [0.1, 0.15) is 0 Å². The Morgan fingerprint density at radius 3 is 2.89 bits per heavy atom. The lowest BCUT2D eigenvalue weighted by Gasteiger charge is -2.40. The summed E-state index contributed by atoms with van der Waals surface area (Å²) < 4.78 is 0. The van der Waals surface area contributed by atoms with Crippen LogP contribution in [0.1, 0.15) is 23.3 Å². The highest BCUT2D eigenvalue weighted by molar-refractivity contribution is 7.10. The molecule has 1 N–H and O–H groups in total. The Bertz CT molecular complexity index is 391. The van der Waals surface area contributed by atoms with Crippen molar-refractivity contribution in [3.05, 3.63) is 21.9 Å². The molecule has 2 rings (SSSR count). The number of rotatable bonds is 4. The number of nitrogens with zero attached hydrogens (tertiary/aromatic N) is 2. The van der Waals surface area contributed by atoms with E-state index >= 15 is 0 Å². The van der Waals surface area contributed by atoms with Gasteiger partial charge in [0.15, 0.2) is 0 Å². The van der Waals surface area contributed by atoms with Crippen LogP contribution in [0.5, 0.6) is 0 Å². The molecule has 102 valence electrons. The summed E-state index contributed by atoms with van der Waals surface area (Å²) in [6, 6.07) is 2.18. The van der Waals surface area contributed by atoms with Crippen molar-refractivity contribution in [2.24, 2.45) is 0 Å². The summed E-state index contributed by atoms with van der Waals surface area (Å²) in [6.45, 7) is 5.81. The van der Waals surface area contributed by atoms with Gasteiger partial charge in [-0.3, -0.25) is 4.90 Å². The van der Waals surface area contributed by atoms with Crippen LogP contribution in [-0.4, -0.2) is 54.2 Å². The van der Waals surface area contributed by atoms with E-state index < -0.39 is 5.60 Å². The number of likely N-dealkylation sites (N-methyl/N-ethyl adjacent to an activating group) is 1. The number of piperidine rings is 1. The zero-order valence-corrected chi connectivity index (χ0v) is 12.5.